The van der Waals surface area contributed by atoms with E-state index < -0.39 is 61.3 Å². The quantitative estimate of drug-likeness (QED) is 0.205. The summed E-state index contributed by atoms with van der Waals surface area (Å²) in [6, 6.07) is -3.23. The monoisotopic (exact) mass is 334 g/mol. The molecule has 0 aliphatic heterocycles. The first-order valence-corrected chi connectivity index (χ1v) is 6.33. The van der Waals surface area contributed by atoms with Crippen LogP contribution in [0.4, 0.5) is 0 Å². The van der Waals surface area contributed by atoms with Crippen molar-refractivity contribution < 1.29 is 39.3 Å². The van der Waals surface area contributed by atoms with E-state index in [1.807, 2.05) is 10.6 Å². The van der Waals surface area contributed by atoms with Gasteiger partial charge >= 0.3 is 11.9 Å². The maximum absolute atomic E-state index is 11.8. The van der Waals surface area contributed by atoms with Gasteiger partial charge in [-0.2, -0.15) is 0 Å². The van der Waals surface area contributed by atoms with Crippen molar-refractivity contribution in [2.24, 2.45) is 5.73 Å². The molecule has 12 nitrogen and oxygen atoms in total. The van der Waals surface area contributed by atoms with Crippen LogP contribution in [0.2, 0.25) is 0 Å². The lowest BCUT2D eigenvalue weighted by Gasteiger charge is -2.19. The molecule has 2 unspecified atom stereocenters. The lowest BCUT2D eigenvalue weighted by Crippen LogP contribution is -2.55. The normalized spacial score (nSPS) is 12.6. The van der Waals surface area contributed by atoms with Gasteiger partial charge in [-0.1, -0.05) is 0 Å². The standard InChI is InChI=1S/C11H18N4O8/c12-2-7(17)13-3-8(18)14-6(4-16)10(21)15-5(11(22)23)1-9(19)20/h5-6,16H,1-4,12H2,(H,13,17)(H,14,18)(H,15,21)(H,19,20)(H,22,23). The van der Waals surface area contributed by atoms with Gasteiger partial charge in [0, 0.05) is 0 Å². The van der Waals surface area contributed by atoms with Gasteiger partial charge in [0.25, 0.3) is 0 Å². The smallest absolute Gasteiger partial charge is 0.326 e. The molecule has 0 heterocycles. The van der Waals surface area contributed by atoms with Crippen molar-refractivity contribution >= 4 is 29.7 Å². The molecule has 12 heteroatoms. The average Bonchev–Trinajstić information content (AvgIpc) is 2.48. The Labute approximate surface area is 130 Å². The zero-order chi connectivity index (χ0) is 18.0. The molecule has 130 valence electrons. The Kier molecular flexibility index (Phi) is 8.88. The molecule has 0 aromatic carbocycles. The minimum absolute atomic E-state index is 0.341. The van der Waals surface area contributed by atoms with Crippen molar-refractivity contribution in [2.45, 2.75) is 18.5 Å². The van der Waals surface area contributed by atoms with E-state index in [0.29, 0.717) is 0 Å². The third-order valence-electron chi connectivity index (χ3n) is 2.46. The number of amides is 3. The second kappa shape index (κ2) is 10.1. The van der Waals surface area contributed by atoms with E-state index in [2.05, 4.69) is 5.32 Å². The van der Waals surface area contributed by atoms with E-state index in [4.69, 9.17) is 21.1 Å². The summed E-state index contributed by atoms with van der Waals surface area (Å²) < 4.78 is 0. The van der Waals surface area contributed by atoms with Crippen LogP contribution in [0.25, 0.3) is 0 Å². The lowest BCUT2D eigenvalue weighted by atomic mass is 10.2. The predicted octanol–water partition coefficient (Wildman–Crippen LogP) is -4.42. The second-order valence-corrected chi connectivity index (χ2v) is 4.28. The van der Waals surface area contributed by atoms with Crippen molar-refractivity contribution in [3.63, 3.8) is 0 Å². The van der Waals surface area contributed by atoms with Crippen molar-refractivity contribution in [1.82, 2.24) is 16.0 Å². The van der Waals surface area contributed by atoms with Crippen molar-refractivity contribution in [2.75, 3.05) is 19.7 Å². The van der Waals surface area contributed by atoms with E-state index in [9.17, 15) is 24.0 Å². The first kappa shape index (κ1) is 20.3. The highest BCUT2D eigenvalue weighted by molar-refractivity contribution is 5.93. The van der Waals surface area contributed by atoms with Gasteiger partial charge in [0.15, 0.2) is 0 Å². The molecule has 8 N–H and O–H groups in total. The molecule has 0 fully saturated rings. The number of hydrogen-bond donors (Lipinski definition) is 7. The number of carbonyl (C=O) groups excluding carboxylic acids is 3. The summed E-state index contributed by atoms with van der Waals surface area (Å²) in [5, 5.41) is 32.4. The molecule has 0 rings (SSSR count). The van der Waals surface area contributed by atoms with E-state index >= 15 is 0 Å². The number of aliphatic carboxylic acids is 2. The molecule has 0 aromatic rings. The van der Waals surface area contributed by atoms with Gasteiger partial charge in [0.2, 0.25) is 17.7 Å². The molecule has 0 aromatic heterocycles. The molecule has 3 amide bonds. The Hall–Kier alpha value is -2.73. The van der Waals surface area contributed by atoms with Crippen LogP contribution in [-0.2, 0) is 24.0 Å². The third-order valence-corrected chi connectivity index (χ3v) is 2.46. The maximum Gasteiger partial charge on any atom is 0.326 e. The number of rotatable bonds is 10. The van der Waals surface area contributed by atoms with E-state index in [1.54, 1.807) is 0 Å². The van der Waals surface area contributed by atoms with Gasteiger partial charge < -0.3 is 37.0 Å². The zero-order valence-electron chi connectivity index (χ0n) is 11.9. The zero-order valence-corrected chi connectivity index (χ0v) is 11.9. The highest BCUT2D eigenvalue weighted by atomic mass is 16.4. The minimum Gasteiger partial charge on any atom is -0.481 e. The molecule has 2 atom stereocenters. The number of nitrogens with one attached hydrogen (secondary N) is 3. The van der Waals surface area contributed by atoms with Crippen molar-refractivity contribution in [1.29, 1.82) is 0 Å². The summed E-state index contributed by atoms with van der Waals surface area (Å²) in [6.45, 7) is -1.70. The van der Waals surface area contributed by atoms with Crippen LogP contribution in [0.5, 0.6) is 0 Å². The Morgan fingerprint density at radius 3 is 2.00 bits per heavy atom. The van der Waals surface area contributed by atoms with E-state index in [-0.39, 0.29) is 6.54 Å². The van der Waals surface area contributed by atoms with Gasteiger partial charge in [0.1, 0.15) is 12.1 Å². The molecule has 0 aliphatic rings. The van der Waals surface area contributed by atoms with Crippen LogP contribution in [0.15, 0.2) is 0 Å². The first-order chi connectivity index (χ1) is 10.7. The van der Waals surface area contributed by atoms with Crippen LogP contribution in [0.1, 0.15) is 6.42 Å². The summed E-state index contributed by atoms with van der Waals surface area (Å²) >= 11 is 0. The average molecular weight is 334 g/mol. The van der Waals surface area contributed by atoms with Gasteiger partial charge in [-0.05, 0) is 0 Å². The number of nitrogens with two attached hydrogens (primary N) is 1. The lowest BCUT2D eigenvalue weighted by molar-refractivity contribution is -0.147. The summed E-state index contributed by atoms with van der Waals surface area (Å²) in [5.74, 6) is -5.56. The number of hydrogen-bond acceptors (Lipinski definition) is 7. The Morgan fingerprint density at radius 1 is 0.957 bits per heavy atom. The molecule has 0 saturated carbocycles. The third kappa shape index (κ3) is 8.33. The number of aliphatic hydroxyl groups excluding tert-OH is 1. The fourth-order valence-corrected chi connectivity index (χ4v) is 1.34. The maximum atomic E-state index is 11.8. The van der Waals surface area contributed by atoms with Crippen LogP contribution in [0, 0.1) is 0 Å². The van der Waals surface area contributed by atoms with Gasteiger partial charge in [-0.15, -0.1) is 0 Å². The van der Waals surface area contributed by atoms with Crippen LogP contribution in [0.3, 0.4) is 0 Å². The van der Waals surface area contributed by atoms with Crippen LogP contribution >= 0.6 is 0 Å². The topological polar surface area (TPSA) is 208 Å². The van der Waals surface area contributed by atoms with E-state index in [0.717, 1.165) is 0 Å². The molecular formula is C11H18N4O8. The second-order valence-electron chi connectivity index (χ2n) is 4.28. The van der Waals surface area contributed by atoms with E-state index in [1.165, 1.54) is 0 Å². The SMILES string of the molecule is NCC(=O)NCC(=O)NC(CO)C(=O)NC(CC(=O)O)C(=O)O. The summed E-state index contributed by atoms with van der Waals surface area (Å²) in [4.78, 5) is 55.4. The molecule has 0 aliphatic carbocycles. The largest absolute Gasteiger partial charge is 0.481 e. The highest BCUT2D eigenvalue weighted by Gasteiger charge is 2.27. The molecule has 0 spiro atoms. The number of carbonyl (C=O) groups is 5. The first-order valence-electron chi connectivity index (χ1n) is 6.33. The number of carboxylic acids is 2. The predicted molar refractivity (Wildman–Crippen MR) is 72.9 cm³/mol. The minimum atomic E-state index is -1.72. The molecular weight excluding hydrogens is 316 g/mol. The summed E-state index contributed by atoms with van der Waals surface area (Å²) in [7, 11) is 0. The van der Waals surface area contributed by atoms with Crippen LogP contribution in [-0.4, -0.2) is 76.8 Å². The molecule has 23 heavy (non-hydrogen) atoms. The fourth-order valence-electron chi connectivity index (χ4n) is 1.34. The highest BCUT2D eigenvalue weighted by Crippen LogP contribution is 1.95. The van der Waals surface area contributed by atoms with Crippen LogP contribution < -0.4 is 21.7 Å². The Bertz CT molecular complexity index is 481. The number of carboxylic acid groups (broad SMARTS) is 2. The molecule has 0 saturated heterocycles. The molecule has 0 radical (unpaired) electrons. The van der Waals surface area contributed by atoms with Crippen molar-refractivity contribution in [3.05, 3.63) is 0 Å². The van der Waals surface area contributed by atoms with Gasteiger partial charge in [-0.3, -0.25) is 19.2 Å². The van der Waals surface area contributed by atoms with Gasteiger partial charge in [0.05, 0.1) is 26.1 Å². The molecule has 0 bridgehead atoms. The number of aliphatic hydroxyl groups is 1. The Morgan fingerprint density at radius 2 is 1.57 bits per heavy atom. The van der Waals surface area contributed by atoms with Crippen molar-refractivity contribution in [3.8, 4) is 0 Å². The Balaban J connectivity index is 4.60. The summed E-state index contributed by atoms with van der Waals surface area (Å²) in [6.07, 6.45) is -0.875. The summed E-state index contributed by atoms with van der Waals surface area (Å²) in [5.41, 5.74) is 5.01. The fraction of sp³-hybridized carbons (Fsp3) is 0.545. The van der Waals surface area contributed by atoms with Gasteiger partial charge in [-0.25, -0.2) is 4.79 Å².